The lowest BCUT2D eigenvalue weighted by Crippen LogP contribution is -2.43. The fraction of sp³-hybridized carbons (Fsp3) is 0.818. The summed E-state index contributed by atoms with van der Waals surface area (Å²) in [5.41, 5.74) is 0. The number of hydrogen-bond acceptors (Lipinski definition) is 2. The lowest BCUT2D eigenvalue weighted by atomic mass is 10.2. The molecule has 1 saturated heterocycles. The zero-order chi connectivity index (χ0) is 9.36. The van der Waals surface area contributed by atoms with Crippen molar-refractivity contribution in [2.45, 2.75) is 25.7 Å². The summed E-state index contributed by atoms with van der Waals surface area (Å²) in [6.07, 6.45) is 9.92. The van der Waals surface area contributed by atoms with Gasteiger partial charge in [0.05, 0.1) is 0 Å². The van der Waals surface area contributed by atoms with Crippen LogP contribution < -0.4 is 5.32 Å². The molecule has 0 unspecified atom stereocenters. The highest BCUT2D eigenvalue weighted by molar-refractivity contribution is 5.85. The zero-order valence-electron chi connectivity index (χ0n) is 8.80. The first kappa shape index (κ1) is 13.8. The largest absolute Gasteiger partial charge is 0.314 e. The number of rotatable bonds is 5. The Bertz CT molecular complexity index is 159. The van der Waals surface area contributed by atoms with Crippen LogP contribution in [0.2, 0.25) is 0 Å². The van der Waals surface area contributed by atoms with Crippen LogP contribution in [0.4, 0.5) is 0 Å². The van der Waals surface area contributed by atoms with Crippen LogP contribution in [0.3, 0.4) is 0 Å². The summed E-state index contributed by atoms with van der Waals surface area (Å²) < 4.78 is 0. The smallest absolute Gasteiger partial charge is 0.0107 e. The van der Waals surface area contributed by atoms with Crippen molar-refractivity contribution in [3.63, 3.8) is 0 Å². The molecule has 0 saturated carbocycles. The van der Waals surface area contributed by atoms with Gasteiger partial charge in [-0.05, 0) is 19.4 Å². The molecule has 0 aromatic rings. The fourth-order valence-electron chi connectivity index (χ4n) is 1.67. The standard InChI is InChI=1S/C11H20N2.ClH/c1-2-3-4-5-6-9-13-10-7-12-8-11-13;/h1,12H,3-11H2;1H. The van der Waals surface area contributed by atoms with E-state index in [0.29, 0.717) is 0 Å². The predicted molar refractivity (Wildman–Crippen MR) is 63.9 cm³/mol. The number of nitrogens with one attached hydrogen (secondary N) is 1. The second-order valence-electron chi connectivity index (χ2n) is 3.61. The van der Waals surface area contributed by atoms with Gasteiger partial charge in [0.15, 0.2) is 0 Å². The predicted octanol–water partition coefficient (Wildman–Crippen LogP) is 1.51. The summed E-state index contributed by atoms with van der Waals surface area (Å²) >= 11 is 0. The highest BCUT2D eigenvalue weighted by atomic mass is 35.5. The van der Waals surface area contributed by atoms with Gasteiger partial charge in [-0.25, -0.2) is 0 Å². The van der Waals surface area contributed by atoms with Crippen molar-refractivity contribution in [3.05, 3.63) is 0 Å². The van der Waals surface area contributed by atoms with E-state index in [1.54, 1.807) is 0 Å². The fourth-order valence-corrected chi connectivity index (χ4v) is 1.67. The van der Waals surface area contributed by atoms with Gasteiger partial charge in [0.1, 0.15) is 0 Å². The van der Waals surface area contributed by atoms with E-state index in [2.05, 4.69) is 16.1 Å². The van der Waals surface area contributed by atoms with Crippen molar-refractivity contribution < 1.29 is 0 Å². The van der Waals surface area contributed by atoms with E-state index in [-0.39, 0.29) is 12.4 Å². The Hall–Kier alpha value is -0.230. The maximum atomic E-state index is 5.18. The molecule has 0 amide bonds. The van der Waals surface area contributed by atoms with Crippen molar-refractivity contribution in [2.75, 3.05) is 32.7 Å². The third-order valence-electron chi connectivity index (χ3n) is 2.51. The zero-order valence-corrected chi connectivity index (χ0v) is 9.61. The molecular weight excluding hydrogens is 196 g/mol. The van der Waals surface area contributed by atoms with E-state index < -0.39 is 0 Å². The summed E-state index contributed by atoms with van der Waals surface area (Å²) in [6, 6.07) is 0. The molecule has 1 rings (SSSR count). The average molecular weight is 217 g/mol. The van der Waals surface area contributed by atoms with Gasteiger partial charge in [0, 0.05) is 32.6 Å². The monoisotopic (exact) mass is 216 g/mol. The molecule has 1 fully saturated rings. The van der Waals surface area contributed by atoms with Crippen molar-refractivity contribution in [1.82, 2.24) is 10.2 Å². The molecule has 2 nitrogen and oxygen atoms in total. The first-order valence-electron chi connectivity index (χ1n) is 5.30. The molecule has 3 heteroatoms. The molecule has 0 radical (unpaired) electrons. The molecule has 0 aromatic carbocycles. The highest BCUT2D eigenvalue weighted by Crippen LogP contribution is 2.01. The van der Waals surface area contributed by atoms with Crippen LogP contribution in [-0.4, -0.2) is 37.6 Å². The Balaban J connectivity index is 0.00000169. The van der Waals surface area contributed by atoms with E-state index in [1.807, 2.05) is 0 Å². The number of unbranched alkanes of at least 4 members (excludes halogenated alkanes) is 3. The normalized spacial score (nSPS) is 17.1. The third-order valence-corrected chi connectivity index (χ3v) is 2.51. The summed E-state index contributed by atoms with van der Waals surface area (Å²) in [7, 11) is 0. The Morgan fingerprint density at radius 1 is 1.14 bits per heavy atom. The topological polar surface area (TPSA) is 15.3 Å². The minimum atomic E-state index is 0. The van der Waals surface area contributed by atoms with Crippen LogP contribution in [0.1, 0.15) is 25.7 Å². The van der Waals surface area contributed by atoms with Gasteiger partial charge in [0.2, 0.25) is 0 Å². The Kier molecular flexibility index (Phi) is 9.18. The lowest BCUT2D eigenvalue weighted by Gasteiger charge is -2.26. The van der Waals surface area contributed by atoms with E-state index in [0.717, 1.165) is 19.5 Å². The van der Waals surface area contributed by atoms with Crippen LogP contribution in [0.5, 0.6) is 0 Å². The summed E-state index contributed by atoms with van der Waals surface area (Å²) in [5, 5.41) is 3.36. The van der Waals surface area contributed by atoms with Crippen LogP contribution in [0.15, 0.2) is 0 Å². The minimum Gasteiger partial charge on any atom is -0.314 e. The van der Waals surface area contributed by atoms with Crippen molar-refractivity contribution >= 4 is 12.4 Å². The molecule has 82 valence electrons. The van der Waals surface area contributed by atoms with Gasteiger partial charge >= 0.3 is 0 Å². The van der Waals surface area contributed by atoms with Gasteiger partial charge < -0.3 is 10.2 Å². The van der Waals surface area contributed by atoms with Crippen molar-refractivity contribution in [3.8, 4) is 12.3 Å². The molecule has 14 heavy (non-hydrogen) atoms. The van der Waals surface area contributed by atoms with Crippen molar-refractivity contribution in [1.29, 1.82) is 0 Å². The number of terminal acetylenes is 1. The Morgan fingerprint density at radius 2 is 1.86 bits per heavy atom. The summed E-state index contributed by atoms with van der Waals surface area (Å²) in [5.74, 6) is 2.68. The first-order valence-corrected chi connectivity index (χ1v) is 5.30. The number of halogens is 1. The second kappa shape index (κ2) is 9.33. The molecular formula is C11H21ClN2. The average Bonchev–Trinajstić information content (AvgIpc) is 2.19. The van der Waals surface area contributed by atoms with Crippen LogP contribution in [0.25, 0.3) is 0 Å². The first-order chi connectivity index (χ1) is 6.43. The molecule has 0 aromatic heterocycles. The number of nitrogens with zero attached hydrogens (tertiary/aromatic N) is 1. The number of piperazine rings is 1. The van der Waals surface area contributed by atoms with Gasteiger partial charge in [-0.1, -0.05) is 6.42 Å². The SMILES string of the molecule is C#CCCCCCN1CCNCC1.Cl. The maximum Gasteiger partial charge on any atom is 0.0107 e. The van der Waals surface area contributed by atoms with Gasteiger partial charge in [-0.3, -0.25) is 0 Å². The number of hydrogen-bond donors (Lipinski definition) is 1. The molecule has 1 heterocycles. The van der Waals surface area contributed by atoms with E-state index in [4.69, 9.17) is 6.42 Å². The van der Waals surface area contributed by atoms with Crippen LogP contribution >= 0.6 is 12.4 Å². The Labute approximate surface area is 93.8 Å². The molecule has 1 N–H and O–H groups in total. The molecule has 0 aliphatic carbocycles. The quantitative estimate of drug-likeness (QED) is 0.554. The summed E-state index contributed by atoms with van der Waals surface area (Å²) in [6.45, 7) is 6.01. The van der Waals surface area contributed by atoms with E-state index in [9.17, 15) is 0 Å². The Morgan fingerprint density at radius 3 is 2.50 bits per heavy atom. The highest BCUT2D eigenvalue weighted by Gasteiger charge is 2.07. The van der Waals surface area contributed by atoms with Crippen molar-refractivity contribution in [2.24, 2.45) is 0 Å². The third kappa shape index (κ3) is 6.26. The van der Waals surface area contributed by atoms with E-state index >= 15 is 0 Å². The molecule has 0 bridgehead atoms. The lowest BCUT2D eigenvalue weighted by molar-refractivity contribution is 0.236. The van der Waals surface area contributed by atoms with Gasteiger partial charge in [0.25, 0.3) is 0 Å². The summed E-state index contributed by atoms with van der Waals surface area (Å²) in [4.78, 5) is 2.53. The molecule has 1 aliphatic heterocycles. The minimum absolute atomic E-state index is 0. The van der Waals surface area contributed by atoms with Crippen LogP contribution in [0, 0.1) is 12.3 Å². The second-order valence-corrected chi connectivity index (χ2v) is 3.61. The van der Waals surface area contributed by atoms with Gasteiger partial charge in [-0.15, -0.1) is 24.8 Å². The molecule has 0 spiro atoms. The maximum absolute atomic E-state index is 5.18. The van der Waals surface area contributed by atoms with Crippen LogP contribution in [-0.2, 0) is 0 Å². The molecule has 0 atom stereocenters. The van der Waals surface area contributed by atoms with Gasteiger partial charge in [-0.2, -0.15) is 0 Å². The molecule has 1 aliphatic rings. The van der Waals surface area contributed by atoms with E-state index in [1.165, 1.54) is 38.9 Å².